The summed E-state index contributed by atoms with van der Waals surface area (Å²) in [5.41, 5.74) is 1.17. The molecule has 1 aromatic heterocycles. The molecule has 31 heavy (non-hydrogen) atoms. The summed E-state index contributed by atoms with van der Waals surface area (Å²) in [6, 6.07) is 11.9. The van der Waals surface area contributed by atoms with Gasteiger partial charge in [-0.15, -0.1) is 11.3 Å². The van der Waals surface area contributed by atoms with Gasteiger partial charge in [0.2, 0.25) is 10.0 Å². The molecular formula is C23H31N3O3S2. The summed E-state index contributed by atoms with van der Waals surface area (Å²) in [6.07, 6.45) is 4.05. The van der Waals surface area contributed by atoms with Gasteiger partial charge >= 0.3 is 0 Å². The van der Waals surface area contributed by atoms with Crippen molar-refractivity contribution in [3.63, 3.8) is 0 Å². The number of sulfonamides is 1. The molecule has 6 nitrogen and oxygen atoms in total. The average molecular weight is 462 g/mol. The molecule has 0 spiro atoms. The maximum Gasteiger partial charge on any atom is 0.262 e. The van der Waals surface area contributed by atoms with Gasteiger partial charge in [0.15, 0.2) is 0 Å². The quantitative estimate of drug-likeness (QED) is 0.682. The predicted molar refractivity (Wildman–Crippen MR) is 124 cm³/mol. The number of thiophene rings is 1. The van der Waals surface area contributed by atoms with Crippen molar-refractivity contribution in [1.82, 2.24) is 14.5 Å². The van der Waals surface area contributed by atoms with E-state index in [1.54, 1.807) is 11.4 Å². The van der Waals surface area contributed by atoms with E-state index in [0.29, 0.717) is 19.6 Å². The number of likely N-dealkylation sites (tertiary alicyclic amines) is 1. The van der Waals surface area contributed by atoms with Crippen LogP contribution in [0.25, 0.3) is 0 Å². The lowest BCUT2D eigenvalue weighted by Gasteiger charge is -2.37. The average Bonchev–Trinajstić information content (AvgIpc) is 3.49. The number of piperidine rings is 1. The van der Waals surface area contributed by atoms with Gasteiger partial charge in [-0.1, -0.05) is 37.3 Å². The highest BCUT2D eigenvalue weighted by Crippen LogP contribution is 2.29. The zero-order valence-electron chi connectivity index (χ0n) is 18.0. The van der Waals surface area contributed by atoms with Gasteiger partial charge in [0, 0.05) is 19.6 Å². The lowest BCUT2D eigenvalue weighted by atomic mass is 9.95. The van der Waals surface area contributed by atoms with Crippen LogP contribution in [0.4, 0.5) is 0 Å². The van der Waals surface area contributed by atoms with Crippen LogP contribution < -0.4 is 5.32 Å². The Morgan fingerprint density at radius 1 is 1.10 bits per heavy atom. The van der Waals surface area contributed by atoms with Gasteiger partial charge < -0.3 is 5.32 Å². The molecule has 2 aliphatic heterocycles. The zero-order chi connectivity index (χ0) is 21.8. The number of hydrogen-bond donors (Lipinski definition) is 1. The van der Waals surface area contributed by atoms with Crippen LogP contribution in [-0.2, 0) is 10.0 Å². The monoisotopic (exact) mass is 461 g/mol. The van der Waals surface area contributed by atoms with Crippen molar-refractivity contribution < 1.29 is 13.2 Å². The first-order valence-electron chi connectivity index (χ1n) is 11.1. The summed E-state index contributed by atoms with van der Waals surface area (Å²) in [4.78, 5) is 15.9. The molecule has 8 heteroatoms. The summed E-state index contributed by atoms with van der Waals surface area (Å²) < 4.78 is 27.5. The fourth-order valence-electron chi connectivity index (χ4n) is 4.48. The van der Waals surface area contributed by atoms with E-state index in [4.69, 9.17) is 0 Å². The molecule has 0 saturated carbocycles. The highest BCUT2D eigenvalue weighted by atomic mass is 32.2. The Kier molecular flexibility index (Phi) is 7.11. The van der Waals surface area contributed by atoms with Gasteiger partial charge in [0.1, 0.15) is 9.77 Å². The lowest BCUT2D eigenvalue weighted by molar-refractivity contribution is 0.0914. The van der Waals surface area contributed by atoms with Crippen molar-refractivity contribution in [1.29, 1.82) is 0 Å². The normalized spacial score (nSPS) is 20.0. The smallest absolute Gasteiger partial charge is 0.262 e. The molecule has 0 bridgehead atoms. The molecule has 2 fully saturated rings. The fourth-order valence-corrected chi connectivity index (χ4v) is 7.31. The van der Waals surface area contributed by atoms with E-state index >= 15 is 0 Å². The zero-order valence-corrected chi connectivity index (χ0v) is 19.6. The first kappa shape index (κ1) is 22.5. The minimum atomic E-state index is -3.62. The molecule has 0 aliphatic carbocycles. The first-order chi connectivity index (χ1) is 15.0. The van der Waals surface area contributed by atoms with E-state index in [1.165, 1.54) is 21.2 Å². The van der Waals surface area contributed by atoms with Crippen molar-refractivity contribution in [3.8, 4) is 0 Å². The van der Waals surface area contributed by atoms with E-state index in [9.17, 15) is 13.2 Å². The van der Waals surface area contributed by atoms with E-state index in [2.05, 4.69) is 29.3 Å². The largest absolute Gasteiger partial charge is 0.349 e. The Morgan fingerprint density at radius 2 is 1.77 bits per heavy atom. The second-order valence-electron chi connectivity index (χ2n) is 8.58. The Morgan fingerprint density at radius 3 is 2.45 bits per heavy atom. The molecule has 1 atom stereocenters. The Hall–Kier alpha value is -1.74. The summed E-state index contributed by atoms with van der Waals surface area (Å²) in [7, 11) is -3.62. The minimum Gasteiger partial charge on any atom is -0.349 e. The number of nitrogens with one attached hydrogen (secondary N) is 1. The molecule has 2 saturated heterocycles. The van der Waals surface area contributed by atoms with Gasteiger partial charge in [-0.3, -0.25) is 9.69 Å². The number of carbonyl (C=O) groups is 1. The number of nitrogens with zero attached hydrogens (tertiary/aromatic N) is 2. The van der Waals surface area contributed by atoms with Gasteiger partial charge in [0.05, 0.1) is 6.04 Å². The van der Waals surface area contributed by atoms with E-state index in [0.717, 1.165) is 44.7 Å². The third-order valence-corrected chi connectivity index (χ3v) is 9.40. The van der Waals surface area contributed by atoms with Gasteiger partial charge in [-0.25, -0.2) is 8.42 Å². The molecule has 1 amide bonds. The van der Waals surface area contributed by atoms with Crippen LogP contribution in [-0.4, -0.2) is 56.3 Å². The molecule has 2 aromatic rings. The van der Waals surface area contributed by atoms with Crippen LogP contribution in [0.2, 0.25) is 0 Å². The van der Waals surface area contributed by atoms with Crippen molar-refractivity contribution in [2.75, 3.05) is 32.7 Å². The van der Waals surface area contributed by atoms with Gasteiger partial charge in [0.25, 0.3) is 5.91 Å². The summed E-state index contributed by atoms with van der Waals surface area (Å²) in [6.45, 7) is 5.81. The molecule has 168 valence electrons. The third kappa shape index (κ3) is 5.03. The summed E-state index contributed by atoms with van der Waals surface area (Å²) in [5.74, 6) is 0.422. The number of hydrogen-bond acceptors (Lipinski definition) is 5. The molecule has 1 N–H and O–H groups in total. The fraction of sp³-hybridized carbons (Fsp3) is 0.522. The molecule has 0 radical (unpaired) electrons. The maximum atomic E-state index is 13.1. The second kappa shape index (κ2) is 9.81. The lowest BCUT2D eigenvalue weighted by Crippen LogP contribution is -2.42. The van der Waals surface area contributed by atoms with E-state index in [-0.39, 0.29) is 21.7 Å². The van der Waals surface area contributed by atoms with Crippen LogP contribution in [0.5, 0.6) is 0 Å². The number of carbonyl (C=O) groups excluding carboxylic acids is 1. The van der Waals surface area contributed by atoms with Crippen molar-refractivity contribution in [2.45, 2.75) is 43.5 Å². The Labute approximate surface area is 189 Å². The second-order valence-corrected chi connectivity index (χ2v) is 11.4. The van der Waals surface area contributed by atoms with Crippen LogP contribution in [0, 0.1) is 5.92 Å². The van der Waals surface area contributed by atoms with Crippen molar-refractivity contribution >= 4 is 27.3 Å². The molecule has 3 heterocycles. The highest BCUT2D eigenvalue weighted by Gasteiger charge is 2.32. The first-order valence-corrected chi connectivity index (χ1v) is 13.4. The van der Waals surface area contributed by atoms with Crippen LogP contribution in [0.15, 0.2) is 46.7 Å². The van der Waals surface area contributed by atoms with Crippen LogP contribution in [0.1, 0.15) is 53.9 Å². The summed E-state index contributed by atoms with van der Waals surface area (Å²) in [5, 5.41) is 4.74. The standard InChI is InChI=1S/C23H31N3O3S2/c1-18-9-14-25(15-10-18)20(19-7-3-2-4-8-19)17-24-23(27)22-21(11-16-30-22)31(28,29)26-12-5-6-13-26/h2-4,7-8,11,16,18,20H,5-6,9-10,12-15,17H2,1H3,(H,24,27). The minimum absolute atomic E-state index is 0.0799. The third-order valence-electron chi connectivity index (χ3n) is 6.42. The Balaban J connectivity index is 1.49. The molecular weight excluding hydrogens is 430 g/mol. The molecule has 2 aliphatic rings. The van der Waals surface area contributed by atoms with E-state index < -0.39 is 10.0 Å². The summed E-state index contributed by atoms with van der Waals surface area (Å²) >= 11 is 1.20. The van der Waals surface area contributed by atoms with Gasteiger partial charge in [-0.05, 0) is 61.7 Å². The van der Waals surface area contributed by atoms with Crippen LogP contribution in [0.3, 0.4) is 0 Å². The number of benzene rings is 1. The van der Waals surface area contributed by atoms with Gasteiger partial charge in [-0.2, -0.15) is 4.31 Å². The van der Waals surface area contributed by atoms with Crippen molar-refractivity contribution in [3.05, 3.63) is 52.2 Å². The molecule has 4 rings (SSSR count). The maximum absolute atomic E-state index is 13.1. The number of amides is 1. The van der Waals surface area contributed by atoms with Crippen LogP contribution >= 0.6 is 11.3 Å². The SMILES string of the molecule is CC1CCN(C(CNC(=O)c2sccc2S(=O)(=O)N2CCCC2)c2ccccc2)CC1. The Bertz CT molecular complexity index is 977. The topological polar surface area (TPSA) is 69.7 Å². The number of rotatable bonds is 7. The molecule has 1 unspecified atom stereocenters. The highest BCUT2D eigenvalue weighted by molar-refractivity contribution is 7.89. The van der Waals surface area contributed by atoms with Crippen molar-refractivity contribution in [2.24, 2.45) is 5.92 Å². The molecule has 1 aromatic carbocycles. The predicted octanol–water partition coefficient (Wildman–Crippen LogP) is 3.74. The van der Waals surface area contributed by atoms with E-state index in [1.807, 2.05) is 18.2 Å².